The van der Waals surface area contributed by atoms with Gasteiger partial charge in [-0.3, -0.25) is 9.59 Å². The van der Waals surface area contributed by atoms with E-state index in [1.165, 1.54) is 25.7 Å². The molecule has 0 heterocycles. The molecule has 2 aliphatic rings. The van der Waals surface area contributed by atoms with Gasteiger partial charge in [0, 0.05) is 18.8 Å². The minimum atomic E-state index is -0.754. The summed E-state index contributed by atoms with van der Waals surface area (Å²) >= 11 is 0. The van der Waals surface area contributed by atoms with Crippen LogP contribution in [0.5, 0.6) is 0 Å². The molecule has 0 radical (unpaired) electrons. The third kappa shape index (κ3) is 6.99. The topological polar surface area (TPSA) is 94.8 Å². The first-order chi connectivity index (χ1) is 12.5. The Hall–Kier alpha value is -0.940. The van der Waals surface area contributed by atoms with E-state index in [2.05, 4.69) is 0 Å². The predicted octanol–water partition coefficient (Wildman–Crippen LogP) is 3.70. The Morgan fingerprint density at radius 3 is 2.46 bits per heavy atom. The van der Waals surface area contributed by atoms with Crippen molar-refractivity contribution in [2.45, 2.75) is 102 Å². The van der Waals surface area contributed by atoms with Gasteiger partial charge in [-0.15, -0.1) is 0 Å². The standard InChI is InChI=1S/C21H36O5/c22-16(13-15-7-5-6-8-15)11-12-18-17(19(23)14-20(18)24)9-3-1-2-4-10-21(25)26/h15-18,20,22,24H,1-14H2,(H,25,26)/t16?,17-,18-,20-/m1/s1. The lowest BCUT2D eigenvalue weighted by atomic mass is 9.84. The Labute approximate surface area is 157 Å². The number of unbranched alkanes of at least 4 members (excludes halogenated alkanes) is 3. The first kappa shape index (κ1) is 21.4. The van der Waals surface area contributed by atoms with Crippen LogP contribution < -0.4 is 0 Å². The molecule has 0 aromatic heterocycles. The first-order valence-electron chi connectivity index (χ1n) is 10.6. The van der Waals surface area contributed by atoms with E-state index in [0.29, 0.717) is 18.8 Å². The molecule has 0 saturated heterocycles. The van der Waals surface area contributed by atoms with Crippen LogP contribution in [0.1, 0.15) is 89.9 Å². The van der Waals surface area contributed by atoms with Gasteiger partial charge in [0.05, 0.1) is 12.2 Å². The van der Waals surface area contributed by atoms with Gasteiger partial charge >= 0.3 is 5.97 Å². The second-order valence-corrected chi connectivity index (χ2v) is 8.47. The maximum Gasteiger partial charge on any atom is 0.303 e. The van der Waals surface area contributed by atoms with Gasteiger partial charge in [0.25, 0.3) is 0 Å². The summed E-state index contributed by atoms with van der Waals surface area (Å²) in [4.78, 5) is 22.7. The van der Waals surface area contributed by atoms with Crippen LogP contribution in [0.2, 0.25) is 0 Å². The van der Waals surface area contributed by atoms with E-state index in [0.717, 1.165) is 38.5 Å². The average Bonchev–Trinajstić information content (AvgIpc) is 3.17. The Morgan fingerprint density at radius 2 is 1.77 bits per heavy atom. The lowest BCUT2D eigenvalue weighted by molar-refractivity contribution is -0.137. The molecule has 2 aliphatic carbocycles. The maximum atomic E-state index is 12.2. The lowest BCUT2D eigenvalue weighted by Gasteiger charge is -2.23. The zero-order valence-electron chi connectivity index (χ0n) is 15.9. The van der Waals surface area contributed by atoms with Crippen LogP contribution in [0.4, 0.5) is 0 Å². The minimum Gasteiger partial charge on any atom is -0.481 e. The molecule has 5 nitrogen and oxygen atoms in total. The Bertz CT molecular complexity index is 444. The molecule has 4 atom stereocenters. The van der Waals surface area contributed by atoms with Crippen molar-refractivity contribution in [3.8, 4) is 0 Å². The molecule has 0 spiro atoms. The molecule has 2 fully saturated rings. The van der Waals surface area contributed by atoms with Crippen molar-refractivity contribution >= 4 is 11.8 Å². The van der Waals surface area contributed by atoms with Crippen molar-refractivity contribution < 1.29 is 24.9 Å². The molecule has 2 rings (SSSR count). The van der Waals surface area contributed by atoms with E-state index in [1.807, 2.05) is 0 Å². The average molecular weight is 369 g/mol. The van der Waals surface area contributed by atoms with Crippen LogP contribution >= 0.6 is 0 Å². The highest BCUT2D eigenvalue weighted by Gasteiger charge is 2.40. The molecule has 0 aliphatic heterocycles. The predicted molar refractivity (Wildman–Crippen MR) is 99.8 cm³/mol. The molecule has 26 heavy (non-hydrogen) atoms. The number of carbonyl (C=O) groups excluding carboxylic acids is 1. The zero-order valence-corrected chi connectivity index (χ0v) is 15.9. The highest BCUT2D eigenvalue weighted by molar-refractivity contribution is 5.84. The molecule has 0 aromatic carbocycles. The molecule has 1 unspecified atom stereocenters. The Morgan fingerprint density at radius 1 is 1.08 bits per heavy atom. The minimum absolute atomic E-state index is 0.0141. The van der Waals surface area contributed by atoms with Crippen molar-refractivity contribution in [2.24, 2.45) is 17.8 Å². The second kappa shape index (κ2) is 11.0. The number of carboxylic acid groups (broad SMARTS) is 1. The van der Waals surface area contributed by atoms with E-state index >= 15 is 0 Å². The number of hydrogen-bond acceptors (Lipinski definition) is 4. The summed E-state index contributed by atoms with van der Waals surface area (Å²) in [6.07, 6.45) is 11.1. The van der Waals surface area contributed by atoms with Gasteiger partial charge in [0.15, 0.2) is 0 Å². The van der Waals surface area contributed by atoms with Gasteiger partial charge in [-0.05, 0) is 43.9 Å². The highest BCUT2D eigenvalue weighted by atomic mass is 16.4. The van der Waals surface area contributed by atoms with Crippen LogP contribution in [0.25, 0.3) is 0 Å². The largest absolute Gasteiger partial charge is 0.481 e. The molecule has 0 aromatic rings. The van der Waals surface area contributed by atoms with E-state index in [9.17, 15) is 19.8 Å². The van der Waals surface area contributed by atoms with E-state index in [1.54, 1.807) is 0 Å². The van der Waals surface area contributed by atoms with Crippen molar-refractivity contribution in [1.29, 1.82) is 0 Å². The van der Waals surface area contributed by atoms with Gasteiger partial charge in [0.1, 0.15) is 5.78 Å². The lowest BCUT2D eigenvalue weighted by Crippen LogP contribution is -2.23. The summed E-state index contributed by atoms with van der Waals surface area (Å²) in [6.45, 7) is 0. The van der Waals surface area contributed by atoms with E-state index in [-0.39, 0.29) is 36.6 Å². The molecule has 0 bridgehead atoms. The monoisotopic (exact) mass is 368 g/mol. The SMILES string of the molecule is O=C(O)CCCCCC[C@H]1C(=O)C[C@@H](O)[C@@H]1CCC(O)CC1CCCC1. The van der Waals surface area contributed by atoms with Crippen LogP contribution in [0.3, 0.4) is 0 Å². The molecule has 150 valence electrons. The smallest absolute Gasteiger partial charge is 0.303 e. The van der Waals surface area contributed by atoms with Crippen LogP contribution in [0.15, 0.2) is 0 Å². The van der Waals surface area contributed by atoms with E-state index in [4.69, 9.17) is 5.11 Å². The number of aliphatic carboxylic acids is 1. The fourth-order valence-corrected chi connectivity index (χ4v) is 4.91. The number of carbonyl (C=O) groups is 2. The van der Waals surface area contributed by atoms with Crippen LogP contribution in [0, 0.1) is 17.8 Å². The first-order valence-corrected chi connectivity index (χ1v) is 10.6. The third-order valence-electron chi connectivity index (χ3n) is 6.40. The maximum absolute atomic E-state index is 12.2. The summed E-state index contributed by atoms with van der Waals surface area (Å²) < 4.78 is 0. The number of rotatable bonds is 12. The van der Waals surface area contributed by atoms with Gasteiger partial charge < -0.3 is 15.3 Å². The van der Waals surface area contributed by atoms with Crippen molar-refractivity contribution in [3.63, 3.8) is 0 Å². The van der Waals surface area contributed by atoms with Crippen molar-refractivity contribution in [2.75, 3.05) is 0 Å². The highest BCUT2D eigenvalue weighted by Crippen LogP contribution is 2.37. The molecular weight excluding hydrogens is 332 g/mol. The van der Waals surface area contributed by atoms with Gasteiger partial charge in [0.2, 0.25) is 0 Å². The molecule has 5 heteroatoms. The third-order valence-corrected chi connectivity index (χ3v) is 6.40. The molecule has 2 saturated carbocycles. The van der Waals surface area contributed by atoms with E-state index < -0.39 is 12.1 Å². The quantitative estimate of drug-likeness (QED) is 0.457. The zero-order chi connectivity index (χ0) is 18.9. The number of hydrogen-bond donors (Lipinski definition) is 3. The number of aliphatic hydroxyl groups excluding tert-OH is 2. The van der Waals surface area contributed by atoms with Crippen molar-refractivity contribution in [1.82, 2.24) is 0 Å². The van der Waals surface area contributed by atoms with Crippen LogP contribution in [-0.4, -0.2) is 39.3 Å². The number of Topliss-reactive ketones (excluding diaryl/α,β-unsaturated/α-hetero) is 1. The van der Waals surface area contributed by atoms with Gasteiger partial charge in [-0.25, -0.2) is 0 Å². The normalized spacial score (nSPS) is 27.9. The second-order valence-electron chi connectivity index (χ2n) is 8.47. The summed E-state index contributed by atoms with van der Waals surface area (Å²) in [5, 5.41) is 29.2. The fourth-order valence-electron chi connectivity index (χ4n) is 4.91. The summed E-state index contributed by atoms with van der Waals surface area (Å²) in [5.41, 5.74) is 0. The fraction of sp³-hybridized carbons (Fsp3) is 0.905. The molecule has 3 N–H and O–H groups in total. The number of carboxylic acids is 1. The van der Waals surface area contributed by atoms with Crippen LogP contribution in [-0.2, 0) is 9.59 Å². The summed E-state index contributed by atoms with van der Waals surface area (Å²) in [7, 11) is 0. The Balaban J connectivity index is 1.68. The van der Waals surface area contributed by atoms with Gasteiger partial charge in [-0.2, -0.15) is 0 Å². The summed E-state index contributed by atoms with van der Waals surface area (Å²) in [5.74, 6) is -0.0294. The number of aliphatic hydroxyl groups is 2. The number of ketones is 1. The van der Waals surface area contributed by atoms with Crippen molar-refractivity contribution in [3.05, 3.63) is 0 Å². The summed E-state index contributed by atoms with van der Waals surface area (Å²) in [6, 6.07) is 0. The van der Waals surface area contributed by atoms with Gasteiger partial charge in [-0.1, -0.05) is 44.9 Å². The Kier molecular flexibility index (Phi) is 9.06. The molecule has 0 amide bonds. The molecular formula is C21H36O5.